The molecule has 0 aliphatic carbocycles. The maximum atomic E-state index is 12.4. The van der Waals surface area contributed by atoms with Gasteiger partial charge < -0.3 is 10.6 Å². The minimum absolute atomic E-state index is 0.0204. The number of hydrogen-bond acceptors (Lipinski definition) is 3. The molecule has 1 aliphatic rings. The van der Waals surface area contributed by atoms with Crippen LogP contribution in [0.1, 0.15) is 35.3 Å². The maximum Gasteiger partial charge on any atom is 0.253 e. The van der Waals surface area contributed by atoms with E-state index in [0.29, 0.717) is 24.2 Å². The van der Waals surface area contributed by atoms with Crippen LogP contribution < -0.4 is 10.6 Å². The Morgan fingerprint density at radius 2 is 2.04 bits per heavy atom. The van der Waals surface area contributed by atoms with E-state index in [1.807, 2.05) is 43.3 Å². The van der Waals surface area contributed by atoms with Crippen molar-refractivity contribution >= 4 is 11.8 Å². The number of carbonyl (C=O) groups is 2. The van der Waals surface area contributed by atoms with Crippen molar-refractivity contribution < 1.29 is 9.59 Å². The standard InChI is InChI=1S/C19H21N3O2/c1-13-16(10-11-17(21-13)14-6-3-2-4-7-14)19(24)20-12-15-8-5-9-18(23)22-15/h2-4,6-7,10-11,15H,5,8-9,12H2,1H3,(H,20,24)(H,22,23)/t15-/m1/s1. The van der Waals surface area contributed by atoms with Crippen molar-refractivity contribution in [2.75, 3.05) is 6.54 Å². The Kier molecular flexibility index (Phi) is 4.89. The average Bonchev–Trinajstić information content (AvgIpc) is 2.60. The molecule has 1 aromatic heterocycles. The van der Waals surface area contributed by atoms with E-state index >= 15 is 0 Å². The molecule has 0 saturated carbocycles. The van der Waals surface area contributed by atoms with Crippen molar-refractivity contribution in [3.63, 3.8) is 0 Å². The molecule has 0 radical (unpaired) electrons. The molecule has 3 rings (SSSR count). The lowest BCUT2D eigenvalue weighted by Gasteiger charge is -2.23. The third-order valence-corrected chi connectivity index (χ3v) is 4.23. The normalized spacial score (nSPS) is 17.2. The summed E-state index contributed by atoms with van der Waals surface area (Å²) < 4.78 is 0. The molecule has 5 nitrogen and oxygen atoms in total. The van der Waals surface area contributed by atoms with Crippen LogP contribution in [0.4, 0.5) is 0 Å². The Hall–Kier alpha value is -2.69. The van der Waals surface area contributed by atoms with E-state index < -0.39 is 0 Å². The van der Waals surface area contributed by atoms with Crippen LogP contribution in [-0.2, 0) is 4.79 Å². The average molecular weight is 323 g/mol. The van der Waals surface area contributed by atoms with Gasteiger partial charge in [0.2, 0.25) is 5.91 Å². The van der Waals surface area contributed by atoms with Crippen molar-refractivity contribution in [1.82, 2.24) is 15.6 Å². The Morgan fingerprint density at radius 3 is 2.75 bits per heavy atom. The van der Waals surface area contributed by atoms with Crippen molar-refractivity contribution in [3.05, 3.63) is 53.7 Å². The van der Waals surface area contributed by atoms with Crippen molar-refractivity contribution in [2.45, 2.75) is 32.2 Å². The molecule has 124 valence electrons. The van der Waals surface area contributed by atoms with E-state index in [9.17, 15) is 9.59 Å². The van der Waals surface area contributed by atoms with Gasteiger partial charge in [-0.3, -0.25) is 14.6 Å². The van der Waals surface area contributed by atoms with E-state index in [2.05, 4.69) is 15.6 Å². The molecule has 0 unspecified atom stereocenters. The fourth-order valence-electron chi connectivity index (χ4n) is 2.92. The fraction of sp³-hybridized carbons (Fsp3) is 0.316. The monoisotopic (exact) mass is 323 g/mol. The number of aromatic nitrogens is 1. The zero-order valence-electron chi connectivity index (χ0n) is 13.7. The first-order chi connectivity index (χ1) is 11.6. The Labute approximate surface area is 141 Å². The first-order valence-corrected chi connectivity index (χ1v) is 8.24. The molecular weight excluding hydrogens is 302 g/mol. The molecule has 1 saturated heterocycles. The third kappa shape index (κ3) is 3.79. The van der Waals surface area contributed by atoms with Gasteiger partial charge in [0.25, 0.3) is 5.91 Å². The highest BCUT2D eigenvalue weighted by atomic mass is 16.2. The van der Waals surface area contributed by atoms with Crippen LogP contribution in [0.3, 0.4) is 0 Å². The molecule has 2 aromatic rings. The van der Waals surface area contributed by atoms with Gasteiger partial charge in [0, 0.05) is 24.6 Å². The first kappa shape index (κ1) is 16.2. The Bertz CT molecular complexity index is 744. The summed E-state index contributed by atoms with van der Waals surface area (Å²) in [6.45, 7) is 2.29. The Balaban J connectivity index is 1.66. The Morgan fingerprint density at radius 1 is 1.25 bits per heavy atom. The third-order valence-electron chi connectivity index (χ3n) is 4.23. The molecule has 0 bridgehead atoms. The first-order valence-electron chi connectivity index (χ1n) is 8.24. The van der Waals surface area contributed by atoms with E-state index in [0.717, 1.165) is 24.1 Å². The summed E-state index contributed by atoms with van der Waals surface area (Å²) in [5.74, 6) is -0.0926. The molecule has 24 heavy (non-hydrogen) atoms. The number of nitrogens with zero attached hydrogens (tertiary/aromatic N) is 1. The molecule has 1 aliphatic heterocycles. The van der Waals surface area contributed by atoms with Crippen LogP contribution in [0.2, 0.25) is 0 Å². The number of benzene rings is 1. The smallest absolute Gasteiger partial charge is 0.253 e. The lowest BCUT2D eigenvalue weighted by Crippen LogP contribution is -2.46. The van der Waals surface area contributed by atoms with Crippen molar-refractivity contribution in [2.24, 2.45) is 0 Å². The molecule has 5 heteroatoms. The van der Waals surface area contributed by atoms with Crippen LogP contribution in [0.25, 0.3) is 11.3 Å². The highest BCUT2D eigenvalue weighted by molar-refractivity contribution is 5.95. The van der Waals surface area contributed by atoms with Crippen LogP contribution in [0.15, 0.2) is 42.5 Å². The summed E-state index contributed by atoms with van der Waals surface area (Å²) in [7, 11) is 0. The van der Waals surface area contributed by atoms with Gasteiger partial charge in [0.05, 0.1) is 17.0 Å². The van der Waals surface area contributed by atoms with Crippen LogP contribution in [-0.4, -0.2) is 29.4 Å². The molecule has 2 heterocycles. The quantitative estimate of drug-likeness (QED) is 0.908. The second-order valence-electron chi connectivity index (χ2n) is 6.06. The highest BCUT2D eigenvalue weighted by Gasteiger charge is 2.19. The molecule has 2 N–H and O–H groups in total. The van der Waals surface area contributed by atoms with Gasteiger partial charge in [0.1, 0.15) is 0 Å². The van der Waals surface area contributed by atoms with Crippen LogP contribution in [0, 0.1) is 6.92 Å². The number of nitrogens with one attached hydrogen (secondary N) is 2. The van der Waals surface area contributed by atoms with Crippen LogP contribution >= 0.6 is 0 Å². The molecule has 1 atom stereocenters. The van der Waals surface area contributed by atoms with E-state index in [-0.39, 0.29) is 17.9 Å². The minimum Gasteiger partial charge on any atom is -0.352 e. The number of piperidine rings is 1. The second kappa shape index (κ2) is 7.25. The fourth-order valence-corrected chi connectivity index (χ4v) is 2.92. The van der Waals surface area contributed by atoms with Crippen molar-refractivity contribution in [1.29, 1.82) is 0 Å². The van der Waals surface area contributed by atoms with Gasteiger partial charge in [-0.05, 0) is 31.9 Å². The van der Waals surface area contributed by atoms with Crippen molar-refractivity contribution in [3.8, 4) is 11.3 Å². The largest absolute Gasteiger partial charge is 0.352 e. The molecule has 1 aromatic carbocycles. The minimum atomic E-state index is -0.153. The lowest BCUT2D eigenvalue weighted by molar-refractivity contribution is -0.123. The molecular formula is C19H21N3O2. The highest BCUT2D eigenvalue weighted by Crippen LogP contribution is 2.18. The predicted molar refractivity (Wildman–Crippen MR) is 92.5 cm³/mol. The predicted octanol–water partition coefficient (Wildman–Crippen LogP) is 2.46. The zero-order valence-corrected chi connectivity index (χ0v) is 13.7. The second-order valence-corrected chi connectivity index (χ2v) is 6.06. The maximum absolute atomic E-state index is 12.4. The van der Waals surface area contributed by atoms with Gasteiger partial charge in [-0.1, -0.05) is 30.3 Å². The van der Waals surface area contributed by atoms with Gasteiger partial charge in [0.15, 0.2) is 0 Å². The molecule has 1 fully saturated rings. The van der Waals surface area contributed by atoms with Crippen LogP contribution in [0.5, 0.6) is 0 Å². The summed E-state index contributed by atoms with van der Waals surface area (Å²) in [5.41, 5.74) is 3.14. The summed E-state index contributed by atoms with van der Waals surface area (Å²) >= 11 is 0. The summed E-state index contributed by atoms with van der Waals surface area (Å²) in [6.07, 6.45) is 2.35. The van der Waals surface area contributed by atoms with Gasteiger partial charge >= 0.3 is 0 Å². The van der Waals surface area contributed by atoms with Gasteiger partial charge in [-0.25, -0.2) is 0 Å². The zero-order chi connectivity index (χ0) is 16.9. The number of rotatable bonds is 4. The summed E-state index contributed by atoms with van der Waals surface area (Å²) in [4.78, 5) is 28.3. The number of pyridine rings is 1. The summed E-state index contributed by atoms with van der Waals surface area (Å²) in [6, 6.07) is 13.6. The van der Waals surface area contributed by atoms with E-state index in [1.165, 1.54) is 0 Å². The number of carbonyl (C=O) groups excluding carboxylic acids is 2. The number of hydrogen-bond donors (Lipinski definition) is 2. The number of aryl methyl sites for hydroxylation is 1. The number of amides is 2. The SMILES string of the molecule is Cc1nc(-c2ccccc2)ccc1C(=O)NC[C@H]1CCCC(=O)N1. The van der Waals surface area contributed by atoms with Gasteiger partial charge in [-0.2, -0.15) is 0 Å². The summed E-state index contributed by atoms with van der Waals surface area (Å²) in [5, 5.41) is 5.79. The van der Waals surface area contributed by atoms with E-state index in [1.54, 1.807) is 6.07 Å². The van der Waals surface area contributed by atoms with Gasteiger partial charge in [-0.15, -0.1) is 0 Å². The van der Waals surface area contributed by atoms with E-state index in [4.69, 9.17) is 0 Å². The molecule has 2 amide bonds. The topological polar surface area (TPSA) is 71.1 Å². The molecule has 0 spiro atoms. The lowest BCUT2D eigenvalue weighted by atomic mass is 10.0.